The van der Waals surface area contributed by atoms with Crippen molar-refractivity contribution in [3.63, 3.8) is 0 Å². The Labute approximate surface area is 126 Å². The topological polar surface area (TPSA) is 78.6 Å². The summed E-state index contributed by atoms with van der Waals surface area (Å²) in [4.78, 5) is 23.6. The molecule has 2 N–H and O–H groups in total. The number of hydrogen-bond acceptors (Lipinski definition) is 6. The number of carbonyl (C=O) groups is 2. The zero-order chi connectivity index (χ0) is 15.4. The van der Waals surface area contributed by atoms with Crippen molar-refractivity contribution in [2.75, 3.05) is 19.5 Å². The van der Waals surface area contributed by atoms with E-state index in [4.69, 9.17) is 15.2 Å². The first-order valence-corrected chi connectivity index (χ1v) is 7.19. The van der Waals surface area contributed by atoms with Gasteiger partial charge in [0.2, 0.25) is 0 Å². The molecule has 0 aliphatic rings. The molecule has 0 atom stereocenters. The summed E-state index contributed by atoms with van der Waals surface area (Å²) in [5, 5.41) is 2.17. The van der Waals surface area contributed by atoms with Crippen molar-refractivity contribution >= 4 is 28.3 Å². The molecule has 5 nitrogen and oxygen atoms in total. The monoisotopic (exact) mass is 305 g/mol. The Kier molecular flexibility index (Phi) is 4.59. The van der Waals surface area contributed by atoms with E-state index in [0.717, 1.165) is 0 Å². The number of hydrogen-bond donors (Lipinski definition) is 1. The highest BCUT2D eigenvalue weighted by molar-refractivity contribution is 7.14. The zero-order valence-corrected chi connectivity index (χ0v) is 12.5. The van der Waals surface area contributed by atoms with Crippen LogP contribution in [0.15, 0.2) is 29.6 Å². The maximum Gasteiger partial charge on any atom is 0.341 e. The van der Waals surface area contributed by atoms with Crippen LogP contribution in [0.4, 0.5) is 5.00 Å². The molecule has 0 spiro atoms. The van der Waals surface area contributed by atoms with Crippen LogP contribution in [0.5, 0.6) is 0 Å². The minimum Gasteiger partial charge on any atom is -0.465 e. The lowest BCUT2D eigenvalue weighted by molar-refractivity contribution is 0.0528. The second kappa shape index (κ2) is 6.41. The van der Waals surface area contributed by atoms with Crippen LogP contribution >= 0.6 is 11.3 Å². The van der Waals surface area contributed by atoms with Crippen molar-refractivity contribution in [1.82, 2.24) is 0 Å². The van der Waals surface area contributed by atoms with Gasteiger partial charge in [-0.15, -0.1) is 11.3 Å². The quantitative estimate of drug-likeness (QED) is 0.879. The first kappa shape index (κ1) is 15.1. The van der Waals surface area contributed by atoms with E-state index >= 15 is 0 Å². The van der Waals surface area contributed by atoms with Crippen molar-refractivity contribution < 1.29 is 19.1 Å². The van der Waals surface area contributed by atoms with Gasteiger partial charge in [0, 0.05) is 10.9 Å². The Bertz CT molecular complexity index is 678. The van der Waals surface area contributed by atoms with Crippen LogP contribution < -0.4 is 5.73 Å². The first-order chi connectivity index (χ1) is 10.1. The number of esters is 2. The lowest BCUT2D eigenvalue weighted by atomic mass is 10.0. The molecule has 1 aromatic heterocycles. The zero-order valence-electron chi connectivity index (χ0n) is 11.7. The summed E-state index contributed by atoms with van der Waals surface area (Å²) in [6, 6.07) is 6.84. The summed E-state index contributed by atoms with van der Waals surface area (Å²) >= 11 is 1.26. The molecule has 1 heterocycles. The maximum absolute atomic E-state index is 12.0. The summed E-state index contributed by atoms with van der Waals surface area (Å²) in [6.07, 6.45) is 0. The number of methoxy groups -OCH3 is 1. The minimum absolute atomic E-state index is 0.274. The van der Waals surface area contributed by atoms with E-state index in [9.17, 15) is 9.59 Å². The van der Waals surface area contributed by atoms with Crippen LogP contribution in [-0.2, 0) is 9.47 Å². The molecule has 0 fully saturated rings. The van der Waals surface area contributed by atoms with Gasteiger partial charge < -0.3 is 15.2 Å². The molecule has 2 aromatic rings. The fraction of sp³-hybridized carbons (Fsp3) is 0.200. The van der Waals surface area contributed by atoms with Gasteiger partial charge in [-0.1, -0.05) is 12.1 Å². The summed E-state index contributed by atoms with van der Waals surface area (Å²) < 4.78 is 9.72. The molecular weight excluding hydrogens is 290 g/mol. The second-order valence-electron chi connectivity index (χ2n) is 4.18. The Balaban J connectivity index is 2.48. The number of thiophene rings is 1. The van der Waals surface area contributed by atoms with E-state index < -0.39 is 11.9 Å². The molecule has 0 radical (unpaired) electrons. The van der Waals surface area contributed by atoms with Crippen LogP contribution in [0.2, 0.25) is 0 Å². The lowest BCUT2D eigenvalue weighted by Crippen LogP contribution is -2.07. The average molecular weight is 305 g/mol. The highest BCUT2D eigenvalue weighted by Gasteiger charge is 2.20. The third-order valence-corrected chi connectivity index (χ3v) is 3.71. The summed E-state index contributed by atoms with van der Waals surface area (Å²) in [6.45, 7) is 2.01. The van der Waals surface area contributed by atoms with Crippen LogP contribution in [0.1, 0.15) is 27.6 Å². The van der Waals surface area contributed by atoms with E-state index in [2.05, 4.69) is 0 Å². The van der Waals surface area contributed by atoms with Gasteiger partial charge in [0.25, 0.3) is 0 Å². The van der Waals surface area contributed by atoms with Crippen molar-refractivity contribution in [3.8, 4) is 11.1 Å². The van der Waals surface area contributed by atoms with Crippen LogP contribution in [0, 0.1) is 0 Å². The normalized spacial score (nSPS) is 10.2. The summed E-state index contributed by atoms with van der Waals surface area (Å²) in [7, 11) is 1.32. The fourth-order valence-corrected chi connectivity index (χ4v) is 2.74. The van der Waals surface area contributed by atoms with Crippen molar-refractivity contribution in [2.24, 2.45) is 0 Å². The molecule has 0 aliphatic heterocycles. The lowest BCUT2D eigenvalue weighted by Gasteiger charge is -2.07. The number of ether oxygens (including phenoxy) is 2. The van der Waals surface area contributed by atoms with Crippen molar-refractivity contribution in [3.05, 3.63) is 40.8 Å². The van der Waals surface area contributed by atoms with Gasteiger partial charge in [-0.2, -0.15) is 0 Å². The Morgan fingerprint density at radius 3 is 2.71 bits per heavy atom. The van der Waals surface area contributed by atoms with E-state index in [-0.39, 0.29) is 6.61 Å². The molecule has 21 heavy (non-hydrogen) atoms. The van der Waals surface area contributed by atoms with Crippen LogP contribution in [0.25, 0.3) is 11.1 Å². The molecule has 110 valence electrons. The number of anilines is 1. The number of rotatable bonds is 4. The van der Waals surface area contributed by atoms with Gasteiger partial charge in [0.05, 0.1) is 19.3 Å². The van der Waals surface area contributed by atoms with Gasteiger partial charge in [0.1, 0.15) is 10.6 Å². The molecule has 6 heteroatoms. The Morgan fingerprint density at radius 1 is 1.29 bits per heavy atom. The number of carbonyl (C=O) groups excluding carboxylic acids is 2. The third-order valence-electron chi connectivity index (χ3n) is 2.89. The SMILES string of the molecule is CCOC(=O)c1c(-c2cccc(C(=O)OC)c2)csc1N. The van der Waals surface area contributed by atoms with Crippen LogP contribution in [-0.4, -0.2) is 25.7 Å². The van der Waals surface area contributed by atoms with Gasteiger partial charge >= 0.3 is 11.9 Å². The summed E-state index contributed by atoms with van der Waals surface area (Å²) in [5.41, 5.74) is 7.98. The van der Waals surface area contributed by atoms with Gasteiger partial charge in [-0.05, 0) is 24.6 Å². The number of nitrogen functional groups attached to an aromatic ring is 1. The number of benzene rings is 1. The second-order valence-corrected chi connectivity index (χ2v) is 5.09. The summed E-state index contributed by atoms with van der Waals surface area (Å²) in [5.74, 6) is -0.896. The molecule has 0 saturated heterocycles. The Hall–Kier alpha value is -2.34. The van der Waals surface area contributed by atoms with Crippen molar-refractivity contribution in [1.29, 1.82) is 0 Å². The number of nitrogens with two attached hydrogens (primary N) is 1. The molecule has 1 aromatic carbocycles. The van der Waals surface area contributed by atoms with Gasteiger partial charge in [-0.25, -0.2) is 9.59 Å². The average Bonchev–Trinajstić information content (AvgIpc) is 2.88. The molecule has 0 amide bonds. The van der Waals surface area contributed by atoms with E-state index in [1.54, 1.807) is 36.6 Å². The molecule has 0 bridgehead atoms. The third kappa shape index (κ3) is 3.05. The highest BCUT2D eigenvalue weighted by atomic mass is 32.1. The predicted octanol–water partition coefficient (Wildman–Crippen LogP) is 2.96. The molecule has 2 rings (SSSR count). The fourth-order valence-electron chi connectivity index (χ4n) is 1.93. The predicted molar refractivity (Wildman–Crippen MR) is 81.5 cm³/mol. The maximum atomic E-state index is 12.0. The molecular formula is C15H15NO4S. The smallest absolute Gasteiger partial charge is 0.341 e. The molecule has 0 aliphatic carbocycles. The van der Waals surface area contributed by atoms with Crippen molar-refractivity contribution in [2.45, 2.75) is 6.92 Å². The van der Waals surface area contributed by atoms with E-state index in [0.29, 0.717) is 27.3 Å². The Morgan fingerprint density at radius 2 is 2.05 bits per heavy atom. The van der Waals surface area contributed by atoms with Gasteiger partial charge in [-0.3, -0.25) is 0 Å². The molecule has 0 unspecified atom stereocenters. The van der Waals surface area contributed by atoms with E-state index in [1.165, 1.54) is 18.4 Å². The minimum atomic E-state index is -0.463. The standard InChI is InChI=1S/C15H15NO4S/c1-3-20-15(18)12-11(8-21-13(12)16)9-5-4-6-10(7-9)14(17)19-2/h4-8H,3,16H2,1-2H3. The largest absolute Gasteiger partial charge is 0.465 e. The van der Waals surface area contributed by atoms with E-state index in [1.807, 2.05) is 0 Å². The molecule has 0 saturated carbocycles. The first-order valence-electron chi connectivity index (χ1n) is 6.31. The highest BCUT2D eigenvalue weighted by Crippen LogP contribution is 2.34. The van der Waals surface area contributed by atoms with Gasteiger partial charge in [0.15, 0.2) is 0 Å². The van der Waals surface area contributed by atoms with Crippen LogP contribution in [0.3, 0.4) is 0 Å².